The van der Waals surface area contributed by atoms with Crippen LogP contribution >= 0.6 is 0 Å². The lowest BCUT2D eigenvalue weighted by Gasteiger charge is -2.23. The van der Waals surface area contributed by atoms with Gasteiger partial charge in [-0.2, -0.15) is 5.10 Å². The van der Waals surface area contributed by atoms with Crippen molar-refractivity contribution in [1.82, 2.24) is 20.4 Å². The summed E-state index contributed by atoms with van der Waals surface area (Å²) in [6, 6.07) is 0.256. The molecule has 1 atom stereocenters. The fourth-order valence-corrected chi connectivity index (χ4v) is 1.78. The number of nitrogens with zero attached hydrogens (tertiary/aromatic N) is 2. The smallest absolute Gasteiger partial charge is 0.254 e. The number of hydrogen-bond donors (Lipinski definition) is 2. The van der Waals surface area contributed by atoms with Crippen molar-refractivity contribution in [1.29, 1.82) is 0 Å². The van der Waals surface area contributed by atoms with Crippen LogP contribution in [0.4, 0.5) is 0 Å². The molecule has 0 spiro atoms. The minimum Gasteiger partial charge on any atom is -0.348 e. The van der Waals surface area contributed by atoms with Crippen LogP contribution in [0.25, 0.3) is 0 Å². The second-order valence-electron chi connectivity index (χ2n) is 3.92. The van der Waals surface area contributed by atoms with Gasteiger partial charge in [-0.1, -0.05) is 0 Å². The molecule has 0 aliphatic carbocycles. The standard InChI is InChI=1S/C10H16N4O/c1-14-7-8(5-12-14)10(15)13-9-3-2-4-11-6-9/h5,7,9,11H,2-4,6H2,1H3,(H,13,15)/t9-/m1/s1. The number of hydrogen-bond acceptors (Lipinski definition) is 3. The predicted octanol–water partition coefficient (Wildman–Crippen LogP) is -0.0981. The van der Waals surface area contributed by atoms with Crippen molar-refractivity contribution >= 4 is 5.91 Å². The Morgan fingerprint density at radius 2 is 2.60 bits per heavy atom. The van der Waals surface area contributed by atoms with E-state index in [9.17, 15) is 4.79 Å². The Balaban J connectivity index is 1.91. The normalized spacial score (nSPS) is 21.3. The van der Waals surface area contributed by atoms with E-state index in [1.807, 2.05) is 0 Å². The number of aromatic nitrogens is 2. The van der Waals surface area contributed by atoms with E-state index in [2.05, 4.69) is 15.7 Å². The third kappa shape index (κ3) is 2.56. The summed E-state index contributed by atoms with van der Waals surface area (Å²) in [7, 11) is 1.80. The maximum atomic E-state index is 11.7. The van der Waals surface area contributed by atoms with Gasteiger partial charge in [0.2, 0.25) is 0 Å². The molecule has 1 saturated heterocycles. The molecule has 1 amide bonds. The highest BCUT2D eigenvalue weighted by atomic mass is 16.1. The van der Waals surface area contributed by atoms with Gasteiger partial charge in [0.25, 0.3) is 5.91 Å². The number of carbonyl (C=O) groups excluding carboxylic acids is 1. The first-order chi connectivity index (χ1) is 7.25. The van der Waals surface area contributed by atoms with Gasteiger partial charge in [-0.25, -0.2) is 0 Å². The van der Waals surface area contributed by atoms with Crippen LogP contribution in [0.1, 0.15) is 23.2 Å². The minimum atomic E-state index is -0.0307. The number of nitrogens with one attached hydrogen (secondary N) is 2. The van der Waals surface area contributed by atoms with E-state index in [1.54, 1.807) is 24.1 Å². The van der Waals surface area contributed by atoms with Crippen molar-refractivity contribution < 1.29 is 4.79 Å². The summed E-state index contributed by atoms with van der Waals surface area (Å²) in [6.07, 6.45) is 5.49. The lowest BCUT2D eigenvalue weighted by molar-refractivity contribution is 0.0930. The molecule has 1 aliphatic heterocycles. The SMILES string of the molecule is Cn1cc(C(=O)N[C@@H]2CCCNC2)cn1. The molecule has 5 nitrogen and oxygen atoms in total. The zero-order valence-corrected chi connectivity index (χ0v) is 8.86. The maximum Gasteiger partial charge on any atom is 0.254 e. The average molecular weight is 208 g/mol. The summed E-state index contributed by atoms with van der Waals surface area (Å²) >= 11 is 0. The second-order valence-corrected chi connectivity index (χ2v) is 3.92. The molecule has 0 aromatic carbocycles. The number of piperidine rings is 1. The molecule has 0 radical (unpaired) electrons. The van der Waals surface area contributed by atoms with E-state index >= 15 is 0 Å². The van der Waals surface area contributed by atoms with Gasteiger partial charge in [0, 0.05) is 25.8 Å². The Labute approximate surface area is 88.8 Å². The van der Waals surface area contributed by atoms with E-state index in [0.717, 1.165) is 25.9 Å². The van der Waals surface area contributed by atoms with E-state index in [-0.39, 0.29) is 11.9 Å². The summed E-state index contributed by atoms with van der Waals surface area (Å²) in [4.78, 5) is 11.7. The first-order valence-electron chi connectivity index (χ1n) is 5.26. The molecule has 15 heavy (non-hydrogen) atoms. The van der Waals surface area contributed by atoms with Crippen molar-refractivity contribution in [2.45, 2.75) is 18.9 Å². The Morgan fingerprint density at radius 3 is 3.20 bits per heavy atom. The molecule has 2 N–H and O–H groups in total. The van der Waals surface area contributed by atoms with Crippen LogP contribution in [-0.4, -0.2) is 34.8 Å². The molecular formula is C10H16N4O. The highest BCUT2D eigenvalue weighted by Gasteiger charge is 2.16. The first-order valence-corrected chi connectivity index (χ1v) is 5.26. The quantitative estimate of drug-likeness (QED) is 0.713. The van der Waals surface area contributed by atoms with Crippen LogP contribution in [-0.2, 0) is 7.05 Å². The molecular weight excluding hydrogens is 192 g/mol. The largest absolute Gasteiger partial charge is 0.348 e. The number of carbonyl (C=O) groups is 1. The Bertz CT molecular complexity index is 341. The lowest BCUT2D eigenvalue weighted by Crippen LogP contribution is -2.45. The summed E-state index contributed by atoms with van der Waals surface area (Å²) in [5.74, 6) is -0.0307. The van der Waals surface area contributed by atoms with Gasteiger partial charge in [-0.3, -0.25) is 9.48 Å². The number of aryl methyl sites for hydroxylation is 1. The fourth-order valence-electron chi connectivity index (χ4n) is 1.78. The zero-order valence-electron chi connectivity index (χ0n) is 8.86. The summed E-state index contributed by atoms with van der Waals surface area (Å²) in [6.45, 7) is 1.92. The Kier molecular flexibility index (Phi) is 3.01. The molecule has 0 saturated carbocycles. The van der Waals surface area contributed by atoms with Crippen LogP contribution in [0.3, 0.4) is 0 Å². The van der Waals surface area contributed by atoms with Gasteiger partial charge in [0.1, 0.15) is 0 Å². The third-order valence-electron chi connectivity index (χ3n) is 2.60. The molecule has 1 aromatic heterocycles. The molecule has 0 unspecified atom stereocenters. The van der Waals surface area contributed by atoms with E-state index < -0.39 is 0 Å². The lowest BCUT2D eigenvalue weighted by atomic mass is 10.1. The van der Waals surface area contributed by atoms with Gasteiger partial charge >= 0.3 is 0 Å². The van der Waals surface area contributed by atoms with Crippen LogP contribution in [0, 0.1) is 0 Å². The topological polar surface area (TPSA) is 59.0 Å². The molecule has 2 rings (SSSR count). The first kappa shape index (κ1) is 10.2. The van der Waals surface area contributed by atoms with Crippen molar-refractivity contribution in [3.05, 3.63) is 18.0 Å². The van der Waals surface area contributed by atoms with Crippen molar-refractivity contribution in [3.63, 3.8) is 0 Å². The van der Waals surface area contributed by atoms with E-state index in [0.29, 0.717) is 5.56 Å². The summed E-state index contributed by atoms with van der Waals surface area (Å²) in [5.41, 5.74) is 0.628. The average Bonchev–Trinajstić information content (AvgIpc) is 2.66. The molecule has 5 heteroatoms. The molecule has 0 bridgehead atoms. The monoisotopic (exact) mass is 208 g/mol. The number of amides is 1. The Hall–Kier alpha value is -1.36. The fraction of sp³-hybridized carbons (Fsp3) is 0.600. The second kappa shape index (κ2) is 4.44. The van der Waals surface area contributed by atoms with Crippen LogP contribution in [0.5, 0.6) is 0 Å². The molecule has 2 heterocycles. The molecule has 1 aliphatic rings. The van der Waals surface area contributed by atoms with E-state index in [4.69, 9.17) is 0 Å². The highest BCUT2D eigenvalue weighted by molar-refractivity contribution is 5.93. The molecule has 82 valence electrons. The zero-order chi connectivity index (χ0) is 10.7. The predicted molar refractivity (Wildman–Crippen MR) is 56.6 cm³/mol. The van der Waals surface area contributed by atoms with Crippen LogP contribution in [0.2, 0.25) is 0 Å². The van der Waals surface area contributed by atoms with Crippen molar-refractivity contribution in [2.24, 2.45) is 7.05 Å². The summed E-state index contributed by atoms with van der Waals surface area (Å²) < 4.78 is 1.63. The maximum absolute atomic E-state index is 11.7. The van der Waals surface area contributed by atoms with Crippen molar-refractivity contribution in [2.75, 3.05) is 13.1 Å². The van der Waals surface area contributed by atoms with Gasteiger partial charge in [0.05, 0.1) is 11.8 Å². The minimum absolute atomic E-state index is 0.0307. The van der Waals surface area contributed by atoms with Gasteiger partial charge < -0.3 is 10.6 Å². The van der Waals surface area contributed by atoms with Crippen molar-refractivity contribution in [3.8, 4) is 0 Å². The van der Waals surface area contributed by atoms with Gasteiger partial charge in [-0.15, -0.1) is 0 Å². The molecule has 1 aromatic rings. The van der Waals surface area contributed by atoms with Crippen LogP contribution < -0.4 is 10.6 Å². The van der Waals surface area contributed by atoms with Crippen LogP contribution in [0.15, 0.2) is 12.4 Å². The van der Waals surface area contributed by atoms with Gasteiger partial charge in [-0.05, 0) is 19.4 Å². The Morgan fingerprint density at radius 1 is 1.73 bits per heavy atom. The van der Waals surface area contributed by atoms with Gasteiger partial charge in [0.15, 0.2) is 0 Å². The van der Waals surface area contributed by atoms with E-state index in [1.165, 1.54) is 0 Å². The summed E-state index contributed by atoms with van der Waals surface area (Å²) in [5, 5.41) is 10.2. The molecule has 1 fully saturated rings. The highest BCUT2D eigenvalue weighted by Crippen LogP contribution is 2.03. The number of rotatable bonds is 2. The third-order valence-corrected chi connectivity index (χ3v) is 2.60.